The quantitative estimate of drug-likeness (QED) is 0.685. The Labute approximate surface area is 86.2 Å². The van der Waals surface area contributed by atoms with Crippen LogP contribution in [0.15, 0.2) is 0 Å². The normalized spacial score (nSPS) is 19.6. The number of hydrogen-bond donors (Lipinski definition) is 1. The fraction of sp³-hybridized carbons (Fsp3) is 0.909. The van der Waals surface area contributed by atoms with Crippen LogP contribution < -0.4 is 5.32 Å². The minimum Gasteiger partial charge on any atom is -0.469 e. The summed E-state index contributed by atoms with van der Waals surface area (Å²) in [6.45, 7) is 2.96. The lowest BCUT2D eigenvalue weighted by atomic mass is 10.00. The summed E-state index contributed by atoms with van der Waals surface area (Å²) < 4.78 is 4.58. The molecule has 0 aromatic heterocycles. The monoisotopic (exact) mass is 199 g/mol. The SMILES string of the molecule is COC(=O)CCN[C@@H](C)C1CCCC1. The van der Waals surface area contributed by atoms with E-state index in [1.54, 1.807) is 0 Å². The summed E-state index contributed by atoms with van der Waals surface area (Å²) in [6, 6.07) is 0.544. The van der Waals surface area contributed by atoms with Crippen LogP contribution in [-0.2, 0) is 9.53 Å². The summed E-state index contributed by atoms with van der Waals surface area (Å²) in [6.07, 6.45) is 5.90. The maximum absolute atomic E-state index is 10.9. The van der Waals surface area contributed by atoms with Crippen LogP contribution >= 0.6 is 0 Å². The molecule has 1 aliphatic carbocycles. The Kier molecular flexibility index (Phi) is 4.94. The van der Waals surface area contributed by atoms with Crippen molar-refractivity contribution in [3.8, 4) is 0 Å². The van der Waals surface area contributed by atoms with Gasteiger partial charge in [-0.15, -0.1) is 0 Å². The van der Waals surface area contributed by atoms with Crippen LogP contribution in [0.4, 0.5) is 0 Å². The molecule has 1 saturated carbocycles. The van der Waals surface area contributed by atoms with Crippen LogP contribution in [0.5, 0.6) is 0 Å². The molecule has 1 aliphatic rings. The fourth-order valence-corrected chi connectivity index (χ4v) is 2.13. The number of nitrogens with one attached hydrogen (secondary N) is 1. The van der Waals surface area contributed by atoms with Gasteiger partial charge in [-0.3, -0.25) is 4.79 Å². The minimum absolute atomic E-state index is 0.129. The summed E-state index contributed by atoms with van der Waals surface area (Å²) in [5, 5.41) is 3.39. The van der Waals surface area contributed by atoms with Gasteiger partial charge in [0.1, 0.15) is 0 Å². The first kappa shape index (κ1) is 11.5. The van der Waals surface area contributed by atoms with Crippen molar-refractivity contribution in [3.05, 3.63) is 0 Å². The summed E-state index contributed by atoms with van der Waals surface area (Å²) in [5.74, 6) is 0.684. The van der Waals surface area contributed by atoms with Crippen LogP contribution in [0.1, 0.15) is 39.0 Å². The van der Waals surface area contributed by atoms with Crippen molar-refractivity contribution in [3.63, 3.8) is 0 Å². The molecule has 82 valence electrons. The van der Waals surface area contributed by atoms with Gasteiger partial charge >= 0.3 is 5.97 Å². The van der Waals surface area contributed by atoms with Gasteiger partial charge in [0.05, 0.1) is 13.5 Å². The van der Waals surface area contributed by atoms with E-state index < -0.39 is 0 Å². The van der Waals surface area contributed by atoms with Crippen molar-refractivity contribution in [2.75, 3.05) is 13.7 Å². The van der Waals surface area contributed by atoms with E-state index in [9.17, 15) is 4.79 Å². The third-order valence-electron chi connectivity index (χ3n) is 3.13. The maximum atomic E-state index is 10.9. The number of methoxy groups -OCH3 is 1. The number of carbonyl (C=O) groups is 1. The van der Waals surface area contributed by atoms with Gasteiger partial charge in [0, 0.05) is 12.6 Å². The molecule has 0 aromatic rings. The topological polar surface area (TPSA) is 38.3 Å². The van der Waals surface area contributed by atoms with Gasteiger partial charge in [-0.25, -0.2) is 0 Å². The molecule has 0 amide bonds. The van der Waals surface area contributed by atoms with E-state index in [0.717, 1.165) is 12.5 Å². The lowest BCUT2D eigenvalue weighted by Crippen LogP contribution is -2.33. The minimum atomic E-state index is -0.129. The van der Waals surface area contributed by atoms with E-state index >= 15 is 0 Å². The molecular weight excluding hydrogens is 178 g/mol. The summed E-state index contributed by atoms with van der Waals surface area (Å²) >= 11 is 0. The Morgan fingerprint density at radius 1 is 1.50 bits per heavy atom. The van der Waals surface area contributed by atoms with Crippen molar-refractivity contribution < 1.29 is 9.53 Å². The van der Waals surface area contributed by atoms with Gasteiger partial charge in [0.2, 0.25) is 0 Å². The molecular formula is C11H21NO2. The summed E-state index contributed by atoms with van der Waals surface area (Å²) in [4.78, 5) is 10.9. The number of hydrogen-bond acceptors (Lipinski definition) is 3. The molecule has 0 heterocycles. The zero-order valence-electron chi connectivity index (χ0n) is 9.21. The first-order valence-electron chi connectivity index (χ1n) is 5.54. The van der Waals surface area contributed by atoms with Gasteiger partial charge in [-0.1, -0.05) is 12.8 Å². The van der Waals surface area contributed by atoms with Crippen molar-refractivity contribution in [1.29, 1.82) is 0 Å². The third-order valence-corrected chi connectivity index (χ3v) is 3.13. The van der Waals surface area contributed by atoms with Crippen LogP contribution in [0.2, 0.25) is 0 Å². The molecule has 0 aliphatic heterocycles. The smallest absolute Gasteiger partial charge is 0.306 e. The van der Waals surface area contributed by atoms with Gasteiger partial charge < -0.3 is 10.1 Å². The van der Waals surface area contributed by atoms with Gasteiger partial charge in [0.15, 0.2) is 0 Å². The van der Waals surface area contributed by atoms with E-state index in [-0.39, 0.29) is 5.97 Å². The average Bonchev–Trinajstić information content (AvgIpc) is 2.70. The second-order valence-electron chi connectivity index (χ2n) is 4.11. The van der Waals surface area contributed by atoms with Crippen LogP contribution in [0.25, 0.3) is 0 Å². The predicted octanol–water partition coefficient (Wildman–Crippen LogP) is 1.72. The van der Waals surface area contributed by atoms with Crippen LogP contribution in [0.3, 0.4) is 0 Å². The fourth-order valence-electron chi connectivity index (χ4n) is 2.13. The zero-order chi connectivity index (χ0) is 10.4. The molecule has 3 nitrogen and oxygen atoms in total. The van der Waals surface area contributed by atoms with E-state index in [1.165, 1.54) is 32.8 Å². The summed E-state index contributed by atoms with van der Waals surface area (Å²) in [5.41, 5.74) is 0. The average molecular weight is 199 g/mol. The highest BCUT2D eigenvalue weighted by atomic mass is 16.5. The largest absolute Gasteiger partial charge is 0.469 e. The second kappa shape index (κ2) is 6.02. The molecule has 0 unspecified atom stereocenters. The molecule has 0 aromatic carbocycles. The lowest BCUT2D eigenvalue weighted by molar-refractivity contribution is -0.140. The number of carbonyl (C=O) groups excluding carboxylic acids is 1. The zero-order valence-corrected chi connectivity index (χ0v) is 9.21. The Morgan fingerprint density at radius 3 is 2.71 bits per heavy atom. The number of esters is 1. The molecule has 0 saturated heterocycles. The van der Waals surface area contributed by atoms with Gasteiger partial charge in [-0.05, 0) is 25.7 Å². The lowest BCUT2D eigenvalue weighted by Gasteiger charge is -2.19. The van der Waals surface area contributed by atoms with Crippen molar-refractivity contribution in [1.82, 2.24) is 5.32 Å². The van der Waals surface area contributed by atoms with Gasteiger partial charge in [0.25, 0.3) is 0 Å². The van der Waals surface area contributed by atoms with E-state index in [2.05, 4.69) is 17.0 Å². The highest BCUT2D eigenvalue weighted by molar-refractivity contribution is 5.69. The van der Waals surface area contributed by atoms with Crippen molar-refractivity contribution >= 4 is 5.97 Å². The number of rotatable bonds is 5. The highest BCUT2D eigenvalue weighted by Gasteiger charge is 2.20. The van der Waals surface area contributed by atoms with Crippen LogP contribution in [0, 0.1) is 5.92 Å². The Hall–Kier alpha value is -0.570. The van der Waals surface area contributed by atoms with E-state index in [4.69, 9.17) is 0 Å². The van der Waals surface area contributed by atoms with E-state index in [0.29, 0.717) is 12.5 Å². The van der Waals surface area contributed by atoms with Crippen molar-refractivity contribution in [2.45, 2.75) is 45.1 Å². The first-order chi connectivity index (χ1) is 6.74. The van der Waals surface area contributed by atoms with Crippen molar-refractivity contribution in [2.24, 2.45) is 5.92 Å². The number of ether oxygens (including phenoxy) is 1. The second-order valence-corrected chi connectivity index (χ2v) is 4.11. The Morgan fingerprint density at radius 2 is 2.14 bits per heavy atom. The van der Waals surface area contributed by atoms with Crippen LogP contribution in [-0.4, -0.2) is 25.7 Å². The highest BCUT2D eigenvalue weighted by Crippen LogP contribution is 2.27. The Bertz CT molecular complexity index is 176. The summed E-state index contributed by atoms with van der Waals surface area (Å²) in [7, 11) is 1.43. The molecule has 14 heavy (non-hydrogen) atoms. The molecule has 0 bridgehead atoms. The molecule has 1 N–H and O–H groups in total. The first-order valence-corrected chi connectivity index (χ1v) is 5.54. The molecule has 0 radical (unpaired) electrons. The standard InChI is InChI=1S/C11H21NO2/c1-9(10-5-3-4-6-10)12-8-7-11(13)14-2/h9-10,12H,3-8H2,1-2H3/t9-/m0/s1. The maximum Gasteiger partial charge on any atom is 0.306 e. The molecule has 3 heteroatoms. The third kappa shape index (κ3) is 3.66. The molecule has 1 rings (SSSR count). The molecule has 1 atom stereocenters. The molecule has 1 fully saturated rings. The Balaban J connectivity index is 2.08. The predicted molar refractivity (Wildman–Crippen MR) is 56.1 cm³/mol. The molecule has 0 spiro atoms. The van der Waals surface area contributed by atoms with Gasteiger partial charge in [-0.2, -0.15) is 0 Å². The van der Waals surface area contributed by atoms with E-state index in [1.807, 2.05) is 0 Å².